The van der Waals surface area contributed by atoms with E-state index in [1.807, 2.05) is 17.7 Å². The lowest BCUT2D eigenvalue weighted by molar-refractivity contribution is 0.626. The highest BCUT2D eigenvalue weighted by atomic mass is 32.1. The molecule has 3 nitrogen and oxygen atoms in total. The quantitative estimate of drug-likeness (QED) is 0.450. The molecule has 0 saturated carbocycles. The molecule has 1 heterocycles. The molecule has 0 amide bonds. The number of nitrogens with zero attached hydrogens (tertiary/aromatic N) is 2. The van der Waals surface area contributed by atoms with Crippen molar-refractivity contribution in [2.24, 2.45) is 10.7 Å². The first-order valence-electron chi connectivity index (χ1n) is 5.68. The van der Waals surface area contributed by atoms with Crippen LogP contribution in [0.1, 0.15) is 37.6 Å². The maximum absolute atomic E-state index is 5.34. The van der Waals surface area contributed by atoms with Crippen LogP contribution in [0.15, 0.2) is 22.6 Å². The van der Waals surface area contributed by atoms with Gasteiger partial charge >= 0.3 is 0 Å². The Hall–Kier alpha value is -1.16. The average Bonchev–Trinajstić information content (AvgIpc) is 2.79. The Morgan fingerprint density at radius 3 is 3.06 bits per heavy atom. The van der Waals surface area contributed by atoms with Crippen LogP contribution in [0.3, 0.4) is 0 Å². The molecular weight excluding hydrogens is 218 g/mol. The van der Waals surface area contributed by atoms with Crippen molar-refractivity contribution < 1.29 is 0 Å². The maximum Gasteiger partial charge on any atom is 0.115 e. The van der Waals surface area contributed by atoms with Gasteiger partial charge in [-0.25, -0.2) is 4.98 Å². The van der Waals surface area contributed by atoms with E-state index in [2.05, 4.69) is 23.0 Å². The van der Waals surface area contributed by atoms with E-state index >= 15 is 0 Å². The molecule has 4 heteroatoms. The van der Waals surface area contributed by atoms with Crippen molar-refractivity contribution >= 4 is 23.8 Å². The molecule has 1 aromatic rings. The third kappa shape index (κ3) is 5.07. The highest BCUT2D eigenvalue weighted by molar-refractivity contribution is 7.10. The van der Waals surface area contributed by atoms with E-state index in [4.69, 9.17) is 5.73 Å². The van der Waals surface area contributed by atoms with Gasteiger partial charge in [0.2, 0.25) is 0 Å². The van der Waals surface area contributed by atoms with Crippen molar-refractivity contribution in [2.45, 2.75) is 38.6 Å². The van der Waals surface area contributed by atoms with Gasteiger partial charge in [-0.1, -0.05) is 32.3 Å². The number of aromatic nitrogens is 1. The minimum Gasteiger partial charge on any atom is -0.390 e. The summed E-state index contributed by atoms with van der Waals surface area (Å²) in [5.41, 5.74) is 5.34. The molecule has 2 N–H and O–H groups in total. The van der Waals surface area contributed by atoms with Crippen LogP contribution in [-0.4, -0.2) is 17.4 Å². The van der Waals surface area contributed by atoms with Gasteiger partial charge < -0.3 is 5.73 Å². The Morgan fingerprint density at radius 2 is 2.44 bits per heavy atom. The summed E-state index contributed by atoms with van der Waals surface area (Å²) in [6.45, 7) is 2.20. The van der Waals surface area contributed by atoms with Gasteiger partial charge in [-0.05, 0) is 12.5 Å². The lowest BCUT2D eigenvalue weighted by atomic mass is 10.1. The molecule has 0 aromatic carbocycles. The zero-order chi connectivity index (χ0) is 11.6. The first-order chi connectivity index (χ1) is 7.86. The molecule has 16 heavy (non-hydrogen) atoms. The molecule has 1 unspecified atom stereocenters. The molecule has 0 saturated heterocycles. The Labute approximate surface area is 101 Å². The topological polar surface area (TPSA) is 51.3 Å². The molecule has 1 rings (SSSR count). The fraction of sp³-hybridized carbons (Fsp3) is 0.500. The van der Waals surface area contributed by atoms with Crippen molar-refractivity contribution in [1.29, 1.82) is 0 Å². The largest absolute Gasteiger partial charge is 0.390 e. The van der Waals surface area contributed by atoms with Crippen LogP contribution < -0.4 is 5.73 Å². The minimum absolute atomic E-state index is 0.195. The van der Waals surface area contributed by atoms with Crippen LogP contribution in [0.25, 0.3) is 6.08 Å². The standard InChI is InChI=1S/C12H19N3S/c1-2-3-4-5-11(15-10-13)6-7-12-14-8-9-16-12/h6-11H,2-5H2,1H3,(H2,13,15)/b7-6+. The summed E-state index contributed by atoms with van der Waals surface area (Å²) in [6.07, 6.45) is 12.0. The number of aliphatic imine (C=N–C) groups is 1. The second-order valence-corrected chi connectivity index (χ2v) is 4.52. The molecule has 0 spiro atoms. The summed E-state index contributed by atoms with van der Waals surface area (Å²) < 4.78 is 0. The van der Waals surface area contributed by atoms with E-state index in [0.717, 1.165) is 11.4 Å². The molecule has 88 valence electrons. The van der Waals surface area contributed by atoms with Gasteiger partial charge in [0, 0.05) is 11.6 Å². The SMILES string of the molecule is CCCCCC(/C=C/c1nccs1)N=CN. The van der Waals surface area contributed by atoms with E-state index in [1.165, 1.54) is 25.6 Å². The van der Waals surface area contributed by atoms with E-state index < -0.39 is 0 Å². The number of rotatable bonds is 7. The van der Waals surface area contributed by atoms with Gasteiger partial charge in [-0.3, -0.25) is 4.99 Å². The number of hydrogen-bond acceptors (Lipinski definition) is 3. The summed E-state index contributed by atoms with van der Waals surface area (Å²) in [5, 5.41) is 2.99. The van der Waals surface area contributed by atoms with Gasteiger partial charge in [0.05, 0.1) is 12.4 Å². The first kappa shape index (κ1) is 12.9. The van der Waals surface area contributed by atoms with Gasteiger partial charge in [-0.15, -0.1) is 11.3 Å². The van der Waals surface area contributed by atoms with Crippen LogP contribution in [0, 0.1) is 0 Å². The first-order valence-corrected chi connectivity index (χ1v) is 6.56. The highest BCUT2D eigenvalue weighted by Crippen LogP contribution is 2.11. The minimum atomic E-state index is 0.195. The van der Waals surface area contributed by atoms with E-state index in [0.29, 0.717) is 0 Å². The number of unbranched alkanes of at least 4 members (excludes halogenated alkanes) is 2. The molecule has 0 bridgehead atoms. The molecule has 0 fully saturated rings. The lowest BCUT2D eigenvalue weighted by Crippen LogP contribution is -2.03. The summed E-state index contributed by atoms with van der Waals surface area (Å²) in [4.78, 5) is 8.43. The summed E-state index contributed by atoms with van der Waals surface area (Å²) in [5.74, 6) is 0. The normalized spacial score (nSPS) is 13.8. The fourth-order valence-corrected chi connectivity index (χ4v) is 1.98. The Kier molecular flexibility index (Phi) is 6.49. The predicted molar refractivity (Wildman–Crippen MR) is 71.8 cm³/mol. The summed E-state index contributed by atoms with van der Waals surface area (Å²) in [6, 6.07) is 0.195. The third-order valence-corrected chi connectivity index (χ3v) is 3.03. The second-order valence-electron chi connectivity index (χ2n) is 3.59. The van der Waals surface area contributed by atoms with Crippen molar-refractivity contribution in [3.63, 3.8) is 0 Å². The van der Waals surface area contributed by atoms with Crippen molar-refractivity contribution in [3.05, 3.63) is 22.7 Å². The smallest absolute Gasteiger partial charge is 0.115 e. The average molecular weight is 237 g/mol. The molecule has 0 radical (unpaired) electrons. The maximum atomic E-state index is 5.34. The van der Waals surface area contributed by atoms with E-state index in [1.54, 1.807) is 11.3 Å². The molecule has 1 atom stereocenters. The predicted octanol–water partition coefficient (Wildman–Crippen LogP) is 3.09. The van der Waals surface area contributed by atoms with E-state index in [9.17, 15) is 0 Å². The number of nitrogens with two attached hydrogens (primary N) is 1. The van der Waals surface area contributed by atoms with Crippen molar-refractivity contribution in [2.75, 3.05) is 0 Å². The molecule has 0 aliphatic heterocycles. The van der Waals surface area contributed by atoms with Crippen molar-refractivity contribution in [1.82, 2.24) is 4.98 Å². The van der Waals surface area contributed by atoms with Crippen LogP contribution in [0.4, 0.5) is 0 Å². The Morgan fingerprint density at radius 1 is 1.56 bits per heavy atom. The number of hydrogen-bond donors (Lipinski definition) is 1. The van der Waals surface area contributed by atoms with E-state index in [-0.39, 0.29) is 6.04 Å². The van der Waals surface area contributed by atoms with Crippen LogP contribution >= 0.6 is 11.3 Å². The second kappa shape index (κ2) is 8.05. The fourth-order valence-electron chi connectivity index (χ4n) is 1.44. The van der Waals surface area contributed by atoms with Gasteiger partial charge in [0.1, 0.15) is 5.01 Å². The van der Waals surface area contributed by atoms with Gasteiger partial charge in [0.25, 0.3) is 0 Å². The summed E-state index contributed by atoms with van der Waals surface area (Å²) in [7, 11) is 0. The summed E-state index contributed by atoms with van der Waals surface area (Å²) >= 11 is 1.63. The zero-order valence-electron chi connectivity index (χ0n) is 9.67. The number of thiazole rings is 1. The van der Waals surface area contributed by atoms with Gasteiger partial charge in [0.15, 0.2) is 0 Å². The third-order valence-electron chi connectivity index (χ3n) is 2.29. The Balaban J connectivity index is 2.44. The Bertz CT molecular complexity index is 317. The molecule has 0 aliphatic rings. The zero-order valence-corrected chi connectivity index (χ0v) is 10.5. The highest BCUT2D eigenvalue weighted by Gasteiger charge is 2.01. The van der Waals surface area contributed by atoms with Crippen molar-refractivity contribution in [3.8, 4) is 0 Å². The molecule has 1 aromatic heterocycles. The molecular formula is C12H19N3S. The monoisotopic (exact) mass is 237 g/mol. The lowest BCUT2D eigenvalue weighted by Gasteiger charge is -2.05. The molecule has 0 aliphatic carbocycles. The van der Waals surface area contributed by atoms with Crippen LogP contribution in [0.5, 0.6) is 0 Å². The van der Waals surface area contributed by atoms with Crippen LogP contribution in [-0.2, 0) is 0 Å². The van der Waals surface area contributed by atoms with Gasteiger partial charge in [-0.2, -0.15) is 0 Å². The van der Waals surface area contributed by atoms with Crippen LogP contribution in [0.2, 0.25) is 0 Å².